The molecule has 0 saturated heterocycles. The third-order valence-electron chi connectivity index (χ3n) is 1.94. The number of carbonyl (C=O) groups is 1. The van der Waals surface area contributed by atoms with Gasteiger partial charge in [-0.05, 0) is 29.3 Å². The van der Waals surface area contributed by atoms with Crippen LogP contribution < -0.4 is 0 Å². The van der Waals surface area contributed by atoms with Crippen molar-refractivity contribution in [1.82, 2.24) is 4.90 Å². The molecular formula is C8H12BrNO2. The Labute approximate surface area is 80.5 Å². The molecule has 68 valence electrons. The second-order valence-corrected chi connectivity index (χ2v) is 3.53. The molecule has 3 nitrogen and oxygen atoms in total. The SMILES string of the molecule is COC(C)N1CCC=C(Br)C1=O. The number of halogens is 1. The lowest BCUT2D eigenvalue weighted by Gasteiger charge is -2.30. The summed E-state index contributed by atoms with van der Waals surface area (Å²) < 4.78 is 5.70. The fourth-order valence-corrected chi connectivity index (χ4v) is 1.59. The summed E-state index contributed by atoms with van der Waals surface area (Å²) in [5.74, 6) is 0.00981. The zero-order chi connectivity index (χ0) is 9.14. The first-order valence-corrected chi connectivity index (χ1v) is 4.65. The van der Waals surface area contributed by atoms with Gasteiger partial charge in [-0.15, -0.1) is 0 Å². The van der Waals surface area contributed by atoms with Crippen molar-refractivity contribution in [2.75, 3.05) is 13.7 Å². The second kappa shape index (κ2) is 4.05. The van der Waals surface area contributed by atoms with Crippen LogP contribution in [0.15, 0.2) is 10.6 Å². The van der Waals surface area contributed by atoms with Crippen molar-refractivity contribution in [1.29, 1.82) is 0 Å². The minimum absolute atomic E-state index is 0.00981. The summed E-state index contributed by atoms with van der Waals surface area (Å²) in [7, 11) is 1.60. The Morgan fingerprint density at radius 3 is 3.00 bits per heavy atom. The van der Waals surface area contributed by atoms with Crippen LogP contribution in [0.5, 0.6) is 0 Å². The van der Waals surface area contributed by atoms with Crippen LogP contribution >= 0.6 is 15.9 Å². The molecule has 0 fully saturated rings. The van der Waals surface area contributed by atoms with Gasteiger partial charge >= 0.3 is 0 Å². The summed E-state index contributed by atoms with van der Waals surface area (Å²) in [5.41, 5.74) is 0. The number of ether oxygens (including phenoxy) is 1. The zero-order valence-electron chi connectivity index (χ0n) is 7.21. The Morgan fingerprint density at radius 2 is 2.42 bits per heavy atom. The molecule has 0 spiro atoms. The lowest BCUT2D eigenvalue weighted by molar-refractivity contribution is -0.137. The number of nitrogens with zero attached hydrogens (tertiary/aromatic N) is 1. The van der Waals surface area contributed by atoms with Crippen molar-refractivity contribution in [3.05, 3.63) is 10.6 Å². The van der Waals surface area contributed by atoms with Gasteiger partial charge in [-0.3, -0.25) is 4.79 Å². The predicted molar refractivity (Wildman–Crippen MR) is 49.8 cm³/mol. The number of hydrogen-bond acceptors (Lipinski definition) is 2. The summed E-state index contributed by atoms with van der Waals surface area (Å²) in [6, 6.07) is 0. The van der Waals surface area contributed by atoms with Gasteiger partial charge in [-0.2, -0.15) is 0 Å². The van der Waals surface area contributed by atoms with Gasteiger partial charge in [-0.1, -0.05) is 6.08 Å². The van der Waals surface area contributed by atoms with Crippen molar-refractivity contribution < 1.29 is 9.53 Å². The number of methoxy groups -OCH3 is 1. The minimum atomic E-state index is -0.140. The maximum Gasteiger partial charge on any atom is 0.262 e. The molecule has 0 bridgehead atoms. The van der Waals surface area contributed by atoms with Crippen molar-refractivity contribution in [3.8, 4) is 0 Å². The molecule has 12 heavy (non-hydrogen) atoms. The lowest BCUT2D eigenvalue weighted by Crippen LogP contribution is -2.42. The zero-order valence-corrected chi connectivity index (χ0v) is 8.80. The third-order valence-corrected chi connectivity index (χ3v) is 2.60. The summed E-state index contributed by atoms with van der Waals surface area (Å²) in [6.07, 6.45) is 2.64. The van der Waals surface area contributed by atoms with E-state index in [1.54, 1.807) is 12.0 Å². The molecule has 1 aliphatic rings. The quantitative estimate of drug-likeness (QED) is 0.724. The molecule has 0 aromatic carbocycles. The van der Waals surface area contributed by atoms with Crippen molar-refractivity contribution >= 4 is 21.8 Å². The highest BCUT2D eigenvalue weighted by Crippen LogP contribution is 2.18. The van der Waals surface area contributed by atoms with Crippen LogP contribution in [0.3, 0.4) is 0 Å². The minimum Gasteiger partial charge on any atom is -0.362 e. The predicted octanol–water partition coefficient (Wildman–Crippen LogP) is 1.49. The van der Waals surface area contributed by atoms with Gasteiger partial charge in [0.2, 0.25) is 0 Å². The Balaban J connectivity index is 2.69. The van der Waals surface area contributed by atoms with Gasteiger partial charge in [0, 0.05) is 13.7 Å². The molecule has 0 aliphatic carbocycles. The van der Waals surface area contributed by atoms with E-state index < -0.39 is 0 Å². The largest absolute Gasteiger partial charge is 0.362 e. The molecule has 0 aromatic heterocycles. The van der Waals surface area contributed by atoms with Crippen LogP contribution in [-0.4, -0.2) is 30.7 Å². The van der Waals surface area contributed by atoms with Crippen LogP contribution in [0, 0.1) is 0 Å². The van der Waals surface area contributed by atoms with E-state index in [0.717, 1.165) is 13.0 Å². The van der Waals surface area contributed by atoms with Crippen LogP contribution in [0.25, 0.3) is 0 Å². The highest BCUT2D eigenvalue weighted by molar-refractivity contribution is 9.12. The molecule has 4 heteroatoms. The standard InChI is InChI=1S/C8H12BrNO2/c1-6(12-2)10-5-3-4-7(9)8(10)11/h4,6H,3,5H2,1-2H3. The van der Waals surface area contributed by atoms with E-state index in [1.807, 2.05) is 13.0 Å². The van der Waals surface area contributed by atoms with Gasteiger partial charge in [0.1, 0.15) is 6.23 Å². The van der Waals surface area contributed by atoms with Crippen LogP contribution in [0.2, 0.25) is 0 Å². The van der Waals surface area contributed by atoms with Crippen LogP contribution in [0.4, 0.5) is 0 Å². The van der Waals surface area contributed by atoms with E-state index in [2.05, 4.69) is 15.9 Å². The fraction of sp³-hybridized carbons (Fsp3) is 0.625. The topological polar surface area (TPSA) is 29.5 Å². The molecule has 1 atom stereocenters. The van der Waals surface area contributed by atoms with E-state index >= 15 is 0 Å². The first kappa shape index (κ1) is 9.74. The Bertz CT molecular complexity index is 215. The van der Waals surface area contributed by atoms with E-state index in [9.17, 15) is 4.79 Å². The number of amides is 1. The van der Waals surface area contributed by atoms with Gasteiger partial charge in [0.05, 0.1) is 4.48 Å². The van der Waals surface area contributed by atoms with Gasteiger partial charge < -0.3 is 9.64 Å². The highest BCUT2D eigenvalue weighted by atomic mass is 79.9. The Kier molecular flexibility index (Phi) is 3.29. The van der Waals surface area contributed by atoms with Gasteiger partial charge in [-0.25, -0.2) is 0 Å². The summed E-state index contributed by atoms with van der Waals surface area (Å²) in [6.45, 7) is 2.60. The summed E-state index contributed by atoms with van der Waals surface area (Å²) in [4.78, 5) is 13.2. The first-order chi connectivity index (χ1) is 5.66. The summed E-state index contributed by atoms with van der Waals surface area (Å²) in [5, 5.41) is 0. The summed E-state index contributed by atoms with van der Waals surface area (Å²) >= 11 is 3.21. The van der Waals surface area contributed by atoms with E-state index in [-0.39, 0.29) is 12.1 Å². The van der Waals surface area contributed by atoms with E-state index in [4.69, 9.17) is 4.74 Å². The smallest absolute Gasteiger partial charge is 0.262 e. The number of rotatable bonds is 2. The molecule has 0 saturated carbocycles. The molecule has 0 N–H and O–H groups in total. The van der Waals surface area contributed by atoms with Gasteiger partial charge in [0.25, 0.3) is 5.91 Å². The van der Waals surface area contributed by atoms with Gasteiger partial charge in [0.15, 0.2) is 0 Å². The monoisotopic (exact) mass is 233 g/mol. The maximum atomic E-state index is 11.5. The average Bonchev–Trinajstić information content (AvgIpc) is 2.08. The molecule has 1 unspecified atom stereocenters. The van der Waals surface area contributed by atoms with Crippen LogP contribution in [-0.2, 0) is 9.53 Å². The van der Waals surface area contributed by atoms with Crippen molar-refractivity contribution in [2.24, 2.45) is 0 Å². The maximum absolute atomic E-state index is 11.5. The van der Waals surface area contributed by atoms with Crippen LogP contribution in [0.1, 0.15) is 13.3 Å². The molecule has 0 radical (unpaired) electrons. The van der Waals surface area contributed by atoms with Crippen molar-refractivity contribution in [3.63, 3.8) is 0 Å². The molecular weight excluding hydrogens is 222 g/mol. The number of hydrogen-bond donors (Lipinski definition) is 0. The molecule has 1 rings (SSSR count). The first-order valence-electron chi connectivity index (χ1n) is 3.86. The lowest BCUT2D eigenvalue weighted by atomic mass is 10.2. The Morgan fingerprint density at radius 1 is 1.75 bits per heavy atom. The highest BCUT2D eigenvalue weighted by Gasteiger charge is 2.23. The van der Waals surface area contributed by atoms with E-state index in [1.165, 1.54) is 0 Å². The van der Waals surface area contributed by atoms with E-state index in [0.29, 0.717) is 4.48 Å². The van der Waals surface area contributed by atoms with Crippen molar-refractivity contribution in [2.45, 2.75) is 19.6 Å². The Hall–Kier alpha value is -0.350. The second-order valence-electron chi connectivity index (χ2n) is 2.67. The molecule has 1 amide bonds. The molecule has 0 aromatic rings. The molecule has 1 heterocycles. The normalized spacial score (nSPS) is 20.8. The average molecular weight is 234 g/mol. The number of carbonyl (C=O) groups excluding carboxylic acids is 1. The fourth-order valence-electron chi connectivity index (χ4n) is 1.13. The molecule has 1 aliphatic heterocycles. The third kappa shape index (κ3) is 1.87.